The van der Waals surface area contributed by atoms with Gasteiger partial charge in [-0.1, -0.05) is 18.0 Å². The van der Waals surface area contributed by atoms with Crippen molar-refractivity contribution in [1.82, 2.24) is 5.32 Å². The van der Waals surface area contributed by atoms with Crippen LogP contribution in [0.4, 0.5) is 0 Å². The van der Waals surface area contributed by atoms with Gasteiger partial charge in [0.25, 0.3) is 0 Å². The Morgan fingerprint density at radius 3 is 3.06 bits per heavy atom. The van der Waals surface area contributed by atoms with Crippen LogP contribution in [0, 0.1) is 17.2 Å². The second kappa shape index (κ2) is 6.08. The summed E-state index contributed by atoms with van der Waals surface area (Å²) < 4.78 is 5.31. The summed E-state index contributed by atoms with van der Waals surface area (Å²) in [5.74, 6) is 0.966. The fourth-order valence-corrected chi connectivity index (χ4v) is 2.68. The maximum atomic E-state index is 9.04. The molecule has 96 valence electrons. The summed E-state index contributed by atoms with van der Waals surface area (Å²) in [6.45, 7) is 0.687. The first-order valence-electron chi connectivity index (χ1n) is 6.20. The molecule has 1 N–H and O–H groups in total. The number of hydrogen-bond donors (Lipinski definition) is 1. The van der Waals surface area contributed by atoms with Gasteiger partial charge in [-0.2, -0.15) is 5.26 Å². The third-order valence-electron chi connectivity index (χ3n) is 3.48. The number of methoxy groups -OCH3 is 1. The van der Waals surface area contributed by atoms with Crippen molar-refractivity contribution < 1.29 is 4.74 Å². The van der Waals surface area contributed by atoms with Gasteiger partial charge in [-0.3, -0.25) is 0 Å². The number of nitrogens with zero attached hydrogens (tertiary/aromatic N) is 1. The molecule has 0 aromatic heterocycles. The van der Waals surface area contributed by atoms with Crippen LogP contribution in [0.25, 0.3) is 0 Å². The summed E-state index contributed by atoms with van der Waals surface area (Å²) in [6.07, 6.45) is 3.20. The van der Waals surface area contributed by atoms with Crippen LogP contribution in [0.15, 0.2) is 18.2 Å². The van der Waals surface area contributed by atoms with Gasteiger partial charge in [0.2, 0.25) is 0 Å². The molecule has 4 heteroatoms. The Kier molecular flexibility index (Phi) is 4.46. The van der Waals surface area contributed by atoms with E-state index in [4.69, 9.17) is 21.6 Å². The Bertz CT molecular complexity index is 456. The van der Waals surface area contributed by atoms with E-state index in [2.05, 4.69) is 11.4 Å². The van der Waals surface area contributed by atoms with E-state index in [1.807, 2.05) is 18.2 Å². The number of hydrogen-bond acceptors (Lipinski definition) is 3. The highest BCUT2D eigenvalue weighted by Gasteiger charge is 2.26. The number of nitrogens with one attached hydrogen (secondary N) is 1. The molecule has 1 aliphatic rings. The molecule has 3 nitrogen and oxygen atoms in total. The third kappa shape index (κ3) is 2.95. The predicted molar refractivity (Wildman–Crippen MR) is 71.6 cm³/mol. The Morgan fingerprint density at radius 2 is 2.33 bits per heavy atom. The maximum absolute atomic E-state index is 9.04. The van der Waals surface area contributed by atoms with Gasteiger partial charge in [-0.25, -0.2) is 0 Å². The molecule has 2 rings (SSSR count). The normalized spacial score (nSPS) is 22.7. The molecule has 0 radical (unpaired) electrons. The summed E-state index contributed by atoms with van der Waals surface area (Å²) >= 11 is 5.99. The monoisotopic (exact) mass is 264 g/mol. The molecule has 0 saturated heterocycles. The molecule has 1 aromatic rings. The van der Waals surface area contributed by atoms with E-state index in [0.29, 0.717) is 17.6 Å². The standard InChI is InChI=1S/C14H17ClN2O/c1-18-14-6-5-12(15)7-11(14)9-17-13-4-2-3-10(13)8-16/h5-7,10,13,17H,2-4,9H2,1H3. The average Bonchev–Trinajstić information content (AvgIpc) is 2.84. The van der Waals surface area contributed by atoms with E-state index in [1.54, 1.807) is 7.11 Å². The Morgan fingerprint density at radius 1 is 1.50 bits per heavy atom. The lowest BCUT2D eigenvalue weighted by molar-refractivity contribution is 0.401. The van der Waals surface area contributed by atoms with Crippen LogP contribution in [0.3, 0.4) is 0 Å². The van der Waals surface area contributed by atoms with Crippen molar-refractivity contribution in [3.05, 3.63) is 28.8 Å². The number of ether oxygens (including phenoxy) is 1. The zero-order valence-corrected chi connectivity index (χ0v) is 11.2. The first-order chi connectivity index (χ1) is 8.74. The highest BCUT2D eigenvalue weighted by atomic mass is 35.5. The molecule has 1 saturated carbocycles. The minimum absolute atomic E-state index is 0.134. The Balaban J connectivity index is 2.01. The molecule has 18 heavy (non-hydrogen) atoms. The van der Waals surface area contributed by atoms with Gasteiger partial charge < -0.3 is 10.1 Å². The van der Waals surface area contributed by atoms with Crippen LogP contribution in [-0.4, -0.2) is 13.2 Å². The molecular weight excluding hydrogens is 248 g/mol. The summed E-state index contributed by atoms with van der Waals surface area (Å²) in [4.78, 5) is 0. The Labute approximate surface area is 113 Å². The fourth-order valence-electron chi connectivity index (χ4n) is 2.49. The van der Waals surface area contributed by atoms with Gasteiger partial charge in [-0.15, -0.1) is 0 Å². The van der Waals surface area contributed by atoms with Gasteiger partial charge >= 0.3 is 0 Å². The number of benzene rings is 1. The van der Waals surface area contributed by atoms with E-state index in [9.17, 15) is 0 Å². The van der Waals surface area contributed by atoms with Crippen LogP contribution in [0.2, 0.25) is 5.02 Å². The lowest BCUT2D eigenvalue weighted by Crippen LogP contribution is -2.31. The number of halogens is 1. The van der Waals surface area contributed by atoms with Gasteiger partial charge in [0.15, 0.2) is 0 Å². The largest absolute Gasteiger partial charge is 0.496 e. The minimum atomic E-state index is 0.134. The van der Waals surface area contributed by atoms with Gasteiger partial charge in [0.05, 0.1) is 19.1 Å². The topological polar surface area (TPSA) is 45.0 Å². The lowest BCUT2D eigenvalue weighted by Gasteiger charge is -2.17. The quantitative estimate of drug-likeness (QED) is 0.909. The zero-order valence-electron chi connectivity index (χ0n) is 10.4. The van der Waals surface area contributed by atoms with Crippen molar-refractivity contribution in [3.63, 3.8) is 0 Å². The second-order valence-electron chi connectivity index (χ2n) is 4.61. The van der Waals surface area contributed by atoms with Crippen molar-refractivity contribution in [2.75, 3.05) is 7.11 Å². The first kappa shape index (κ1) is 13.2. The molecule has 0 amide bonds. The highest BCUT2D eigenvalue weighted by Crippen LogP contribution is 2.27. The maximum Gasteiger partial charge on any atom is 0.123 e. The van der Waals surface area contributed by atoms with Crippen molar-refractivity contribution in [3.8, 4) is 11.8 Å². The van der Waals surface area contributed by atoms with Crippen LogP contribution >= 0.6 is 11.6 Å². The molecule has 1 aromatic carbocycles. The molecular formula is C14H17ClN2O. The smallest absolute Gasteiger partial charge is 0.123 e. The van der Waals surface area contributed by atoms with E-state index in [-0.39, 0.29) is 5.92 Å². The summed E-state index contributed by atoms with van der Waals surface area (Å²) in [7, 11) is 1.65. The summed E-state index contributed by atoms with van der Waals surface area (Å²) in [6, 6.07) is 8.26. The van der Waals surface area contributed by atoms with Crippen LogP contribution in [0.5, 0.6) is 5.75 Å². The summed E-state index contributed by atoms with van der Waals surface area (Å²) in [5.41, 5.74) is 1.04. The van der Waals surface area contributed by atoms with E-state index in [1.165, 1.54) is 0 Å². The fraction of sp³-hybridized carbons (Fsp3) is 0.500. The van der Waals surface area contributed by atoms with Crippen molar-refractivity contribution in [1.29, 1.82) is 5.26 Å². The molecule has 0 spiro atoms. The molecule has 2 atom stereocenters. The van der Waals surface area contributed by atoms with Crippen LogP contribution < -0.4 is 10.1 Å². The first-order valence-corrected chi connectivity index (χ1v) is 6.58. The average molecular weight is 265 g/mol. The molecule has 2 unspecified atom stereocenters. The van der Waals surface area contributed by atoms with Gasteiger partial charge in [-0.05, 0) is 31.0 Å². The lowest BCUT2D eigenvalue weighted by atomic mass is 10.1. The van der Waals surface area contributed by atoms with Gasteiger partial charge in [0, 0.05) is 23.2 Å². The number of rotatable bonds is 4. The molecule has 1 fully saturated rings. The van der Waals surface area contributed by atoms with Crippen LogP contribution in [0.1, 0.15) is 24.8 Å². The third-order valence-corrected chi connectivity index (χ3v) is 3.71. The van der Waals surface area contributed by atoms with Crippen molar-refractivity contribution in [2.45, 2.75) is 31.8 Å². The second-order valence-corrected chi connectivity index (χ2v) is 5.05. The van der Waals surface area contributed by atoms with Crippen molar-refractivity contribution >= 4 is 11.6 Å². The van der Waals surface area contributed by atoms with Crippen molar-refractivity contribution in [2.24, 2.45) is 5.92 Å². The molecule has 0 heterocycles. The van der Waals surface area contributed by atoms with E-state index >= 15 is 0 Å². The van der Waals surface area contributed by atoms with E-state index < -0.39 is 0 Å². The SMILES string of the molecule is COc1ccc(Cl)cc1CNC1CCCC1C#N. The molecule has 1 aliphatic carbocycles. The summed E-state index contributed by atoms with van der Waals surface area (Å²) in [5, 5.41) is 13.2. The van der Waals surface area contributed by atoms with Gasteiger partial charge in [0.1, 0.15) is 5.75 Å². The molecule has 0 bridgehead atoms. The highest BCUT2D eigenvalue weighted by molar-refractivity contribution is 6.30. The van der Waals surface area contributed by atoms with Crippen LogP contribution in [-0.2, 0) is 6.54 Å². The minimum Gasteiger partial charge on any atom is -0.496 e. The van der Waals surface area contributed by atoms with E-state index in [0.717, 1.165) is 30.6 Å². The molecule has 0 aliphatic heterocycles. The number of nitriles is 1. The predicted octanol–water partition coefficient (Wildman–Crippen LogP) is 3.13. The zero-order chi connectivity index (χ0) is 13.0. The Hall–Kier alpha value is -1.24.